The Morgan fingerprint density at radius 3 is 2.58 bits per heavy atom. The van der Waals surface area contributed by atoms with Crippen molar-refractivity contribution in [2.75, 3.05) is 19.6 Å². The van der Waals surface area contributed by atoms with Gasteiger partial charge < -0.3 is 10.1 Å². The highest BCUT2D eigenvalue weighted by Gasteiger charge is 2.21. The smallest absolute Gasteiger partial charge is 0.119 e. The maximum Gasteiger partial charge on any atom is 0.119 e. The molecule has 0 aliphatic carbocycles. The normalized spacial score (nSPS) is 18.0. The lowest BCUT2D eigenvalue weighted by molar-refractivity contribution is 0.260. The maximum atomic E-state index is 5.83. The summed E-state index contributed by atoms with van der Waals surface area (Å²) < 4.78 is 5.83. The van der Waals surface area contributed by atoms with Crippen molar-refractivity contribution in [3.8, 4) is 5.75 Å². The quantitative estimate of drug-likeness (QED) is 0.798. The van der Waals surface area contributed by atoms with E-state index in [1.165, 1.54) is 37.1 Å². The van der Waals surface area contributed by atoms with Crippen molar-refractivity contribution in [1.82, 2.24) is 10.2 Å². The van der Waals surface area contributed by atoms with Crippen LogP contribution in [0, 0.1) is 0 Å². The molecule has 2 aromatic rings. The molecule has 0 aromatic heterocycles. The topological polar surface area (TPSA) is 24.5 Å². The van der Waals surface area contributed by atoms with Gasteiger partial charge in [0.05, 0.1) is 0 Å². The zero-order valence-electron chi connectivity index (χ0n) is 14.6. The highest BCUT2D eigenvalue weighted by Crippen LogP contribution is 2.17. The third kappa shape index (κ3) is 4.83. The molecule has 128 valence electrons. The molecule has 1 aliphatic rings. The Balaban J connectivity index is 1.41. The molecule has 0 bridgehead atoms. The molecule has 1 N–H and O–H groups in total. The Kier molecular flexibility index (Phi) is 6.27. The van der Waals surface area contributed by atoms with Gasteiger partial charge in [-0.05, 0) is 49.2 Å². The van der Waals surface area contributed by atoms with Crippen LogP contribution in [0.5, 0.6) is 5.75 Å². The van der Waals surface area contributed by atoms with Crippen LogP contribution in [0.15, 0.2) is 54.6 Å². The minimum atomic E-state index is 0.618. The molecule has 0 saturated carbocycles. The van der Waals surface area contributed by atoms with E-state index in [4.69, 9.17) is 4.74 Å². The van der Waals surface area contributed by atoms with E-state index >= 15 is 0 Å². The Morgan fingerprint density at radius 1 is 1.04 bits per heavy atom. The van der Waals surface area contributed by atoms with Crippen LogP contribution < -0.4 is 10.1 Å². The monoisotopic (exact) mass is 324 g/mol. The summed E-state index contributed by atoms with van der Waals surface area (Å²) in [6.45, 7) is 7.31. The molecule has 1 aliphatic heterocycles. The van der Waals surface area contributed by atoms with Gasteiger partial charge in [0.2, 0.25) is 0 Å². The van der Waals surface area contributed by atoms with Crippen LogP contribution in [0.3, 0.4) is 0 Å². The number of hydrogen-bond acceptors (Lipinski definition) is 3. The fourth-order valence-electron chi connectivity index (χ4n) is 3.37. The van der Waals surface area contributed by atoms with Crippen molar-refractivity contribution in [1.29, 1.82) is 0 Å². The number of likely N-dealkylation sites (N-methyl/N-ethyl adjacent to an activating group) is 1. The molecule has 0 amide bonds. The van der Waals surface area contributed by atoms with Crippen LogP contribution in [0.25, 0.3) is 0 Å². The van der Waals surface area contributed by atoms with Crippen molar-refractivity contribution < 1.29 is 4.74 Å². The average Bonchev–Trinajstić information content (AvgIpc) is 3.09. The number of hydrogen-bond donors (Lipinski definition) is 1. The van der Waals surface area contributed by atoms with Crippen LogP contribution in [0.4, 0.5) is 0 Å². The SMILES string of the molecule is CCN1CCC[C@H]1CNCc1ccc(OCc2ccccc2)cc1. The van der Waals surface area contributed by atoms with Crippen LogP contribution >= 0.6 is 0 Å². The highest BCUT2D eigenvalue weighted by atomic mass is 16.5. The summed E-state index contributed by atoms with van der Waals surface area (Å²) in [5.74, 6) is 0.926. The van der Waals surface area contributed by atoms with E-state index in [0.717, 1.165) is 18.8 Å². The molecular formula is C21H28N2O. The summed E-state index contributed by atoms with van der Waals surface area (Å²) in [5.41, 5.74) is 2.50. The van der Waals surface area contributed by atoms with Gasteiger partial charge in [-0.3, -0.25) is 4.90 Å². The van der Waals surface area contributed by atoms with Crippen LogP contribution in [0.2, 0.25) is 0 Å². The molecule has 1 heterocycles. The average molecular weight is 324 g/mol. The van der Waals surface area contributed by atoms with Gasteiger partial charge in [0, 0.05) is 19.1 Å². The molecule has 2 aromatic carbocycles. The van der Waals surface area contributed by atoms with Gasteiger partial charge in [-0.1, -0.05) is 49.4 Å². The molecule has 3 heteroatoms. The summed E-state index contributed by atoms with van der Waals surface area (Å²) in [6.07, 6.45) is 2.67. The van der Waals surface area contributed by atoms with E-state index in [2.05, 4.69) is 53.5 Å². The summed E-state index contributed by atoms with van der Waals surface area (Å²) in [7, 11) is 0. The number of nitrogens with zero attached hydrogens (tertiary/aromatic N) is 1. The second kappa shape index (κ2) is 8.86. The fraction of sp³-hybridized carbons (Fsp3) is 0.429. The van der Waals surface area contributed by atoms with Gasteiger partial charge in [0.1, 0.15) is 12.4 Å². The van der Waals surface area contributed by atoms with E-state index in [0.29, 0.717) is 12.6 Å². The van der Waals surface area contributed by atoms with Gasteiger partial charge in [-0.25, -0.2) is 0 Å². The number of ether oxygens (including phenoxy) is 1. The summed E-state index contributed by atoms with van der Waals surface area (Å²) >= 11 is 0. The van der Waals surface area contributed by atoms with Gasteiger partial charge in [-0.2, -0.15) is 0 Å². The van der Waals surface area contributed by atoms with Crippen molar-refractivity contribution in [3.63, 3.8) is 0 Å². The van der Waals surface area contributed by atoms with Crippen molar-refractivity contribution >= 4 is 0 Å². The number of benzene rings is 2. The summed E-state index contributed by atoms with van der Waals surface area (Å²) in [4.78, 5) is 2.58. The van der Waals surface area contributed by atoms with Gasteiger partial charge in [-0.15, -0.1) is 0 Å². The van der Waals surface area contributed by atoms with Crippen LogP contribution in [-0.2, 0) is 13.2 Å². The summed E-state index contributed by atoms with van der Waals surface area (Å²) in [6, 6.07) is 19.4. The van der Waals surface area contributed by atoms with Crippen molar-refractivity contribution in [2.24, 2.45) is 0 Å². The zero-order valence-corrected chi connectivity index (χ0v) is 14.6. The predicted octanol–water partition coefficient (Wildman–Crippen LogP) is 3.84. The molecule has 3 nitrogen and oxygen atoms in total. The Bertz CT molecular complexity index is 597. The lowest BCUT2D eigenvalue weighted by Gasteiger charge is -2.23. The Hall–Kier alpha value is -1.84. The third-order valence-electron chi connectivity index (χ3n) is 4.79. The number of likely N-dealkylation sites (tertiary alicyclic amines) is 1. The van der Waals surface area contributed by atoms with Crippen molar-refractivity contribution in [3.05, 3.63) is 65.7 Å². The first-order chi connectivity index (χ1) is 11.8. The molecule has 3 rings (SSSR count). The molecule has 0 spiro atoms. The first-order valence-electron chi connectivity index (χ1n) is 9.05. The van der Waals surface area contributed by atoms with Crippen molar-refractivity contribution in [2.45, 2.75) is 39.0 Å². The first kappa shape index (κ1) is 17.0. The maximum absolute atomic E-state index is 5.83. The van der Waals surface area contributed by atoms with Gasteiger partial charge in [0.15, 0.2) is 0 Å². The zero-order chi connectivity index (χ0) is 16.6. The van der Waals surface area contributed by atoms with E-state index in [-0.39, 0.29) is 0 Å². The van der Waals surface area contributed by atoms with E-state index in [9.17, 15) is 0 Å². The van der Waals surface area contributed by atoms with E-state index in [1.807, 2.05) is 18.2 Å². The molecule has 0 unspecified atom stereocenters. The second-order valence-corrected chi connectivity index (χ2v) is 6.47. The fourth-order valence-corrected chi connectivity index (χ4v) is 3.37. The summed E-state index contributed by atoms with van der Waals surface area (Å²) in [5, 5.41) is 3.60. The largest absolute Gasteiger partial charge is 0.489 e. The molecular weight excluding hydrogens is 296 g/mol. The van der Waals surface area contributed by atoms with E-state index < -0.39 is 0 Å². The lowest BCUT2D eigenvalue weighted by atomic mass is 10.2. The first-order valence-corrected chi connectivity index (χ1v) is 9.05. The van der Waals surface area contributed by atoms with E-state index in [1.54, 1.807) is 0 Å². The molecule has 1 fully saturated rings. The number of nitrogens with one attached hydrogen (secondary N) is 1. The minimum absolute atomic E-state index is 0.618. The Morgan fingerprint density at radius 2 is 1.83 bits per heavy atom. The lowest BCUT2D eigenvalue weighted by Crippen LogP contribution is -2.37. The third-order valence-corrected chi connectivity index (χ3v) is 4.79. The highest BCUT2D eigenvalue weighted by molar-refractivity contribution is 5.27. The predicted molar refractivity (Wildman–Crippen MR) is 99.2 cm³/mol. The van der Waals surface area contributed by atoms with Crippen LogP contribution in [-0.4, -0.2) is 30.6 Å². The van der Waals surface area contributed by atoms with Crippen LogP contribution in [0.1, 0.15) is 30.9 Å². The molecule has 24 heavy (non-hydrogen) atoms. The standard InChI is InChI=1S/C21H28N2O/c1-2-23-14-6-9-20(23)16-22-15-18-10-12-21(13-11-18)24-17-19-7-4-3-5-8-19/h3-5,7-8,10-13,20,22H,2,6,9,14-17H2,1H3/t20-/m0/s1. The van der Waals surface area contributed by atoms with Gasteiger partial charge in [0.25, 0.3) is 0 Å². The van der Waals surface area contributed by atoms with Gasteiger partial charge >= 0.3 is 0 Å². The minimum Gasteiger partial charge on any atom is -0.489 e. The number of rotatable bonds is 8. The molecule has 1 saturated heterocycles. The Labute approximate surface area is 145 Å². The second-order valence-electron chi connectivity index (χ2n) is 6.47. The molecule has 0 radical (unpaired) electrons. The molecule has 1 atom stereocenters.